The minimum Gasteiger partial charge on any atom is -0.439 e. The lowest BCUT2D eigenvalue weighted by Gasteiger charge is -2.07. The van der Waals surface area contributed by atoms with Crippen molar-refractivity contribution < 1.29 is 4.42 Å². The minimum atomic E-state index is 0.605. The molecule has 2 aromatic carbocycles. The van der Waals surface area contributed by atoms with Gasteiger partial charge in [0.15, 0.2) is 11.5 Å². The molecule has 0 spiro atoms. The summed E-state index contributed by atoms with van der Waals surface area (Å²) in [7, 11) is 0. The average Bonchev–Trinajstić information content (AvgIpc) is 2.85. The van der Waals surface area contributed by atoms with Crippen molar-refractivity contribution in [2.75, 3.05) is 11.9 Å². The molecule has 0 bridgehead atoms. The molecule has 1 N–H and O–H groups in total. The highest BCUT2D eigenvalue weighted by atomic mass is 35.5. The van der Waals surface area contributed by atoms with Crippen LogP contribution in [0.1, 0.15) is 11.5 Å². The average molecular weight is 287 g/mol. The Morgan fingerprint density at radius 2 is 2.00 bits per heavy atom. The van der Waals surface area contributed by atoms with Crippen LogP contribution in [0.25, 0.3) is 11.1 Å². The summed E-state index contributed by atoms with van der Waals surface area (Å²) in [5, 5.41) is 3.99. The first-order valence-corrected chi connectivity index (χ1v) is 6.95. The molecule has 0 saturated carbocycles. The van der Waals surface area contributed by atoms with Crippen LogP contribution in [-0.4, -0.2) is 11.5 Å². The van der Waals surface area contributed by atoms with Gasteiger partial charge in [-0.05, 0) is 30.7 Å². The number of hydrogen-bond acceptors (Lipinski definition) is 3. The molecule has 1 heterocycles. The van der Waals surface area contributed by atoms with Crippen molar-refractivity contribution >= 4 is 28.4 Å². The number of benzene rings is 2. The maximum atomic E-state index is 6.07. The molecule has 3 nitrogen and oxygen atoms in total. The summed E-state index contributed by atoms with van der Waals surface area (Å²) in [4.78, 5) is 4.44. The third-order valence-corrected chi connectivity index (χ3v) is 3.51. The Hall–Kier alpha value is -2.00. The SMILES string of the molecule is Cc1ccccc1NCCc1nc2cccc(Cl)c2o1. The van der Waals surface area contributed by atoms with Crippen LogP contribution in [0.2, 0.25) is 5.02 Å². The van der Waals surface area contributed by atoms with Crippen LogP contribution in [0.4, 0.5) is 5.69 Å². The number of aryl methyl sites for hydroxylation is 1. The summed E-state index contributed by atoms with van der Waals surface area (Å²) in [6.07, 6.45) is 0.722. The third-order valence-electron chi connectivity index (χ3n) is 3.21. The number of fused-ring (bicyclic) bond motifs is 1. The standard InChI is InChI=1S/C16H15ClN2O/c1-11-5-2-3-7-13(11)18-10-9-15-19-14-8-4-6-12(17)16(14)20-15/h2-8,18H,9-10H2,1H3. The Balaban J connectivity index is 1.68. The molecule has 0 unspecified atom stereocenters. The maximum Gasteiger partial charge on any atom is 0.197 e. The largest absolute Gasteiger partial charge is 0.439 e. The lowest BCUT2D eigenvalue weighted by molar-refractivity contribution is 0.534. The molecule has 4 heteroatoms. The van der Waals surface area contributed by atoms with Crippen LogP contribution in [-0.2, 0) is 6.42 Å². The van der Waals surface area contributed by atoms with Crippen LogP contribution in [0, 0.1) is 6.92 Å². The summed E-state index contributed by atoms with van der Waals surface area (Å²) >= 11 is 6.07. The van der Waals surface area contributed by atoms with Gasteiger partial charge in [-0.25, -0.2) is 4.98 Å². The predicted octanol–water partition coefficient (Wildman–Crippen LogP) is 4.44. The minimum absolute atomic E-state index is 0.605. The zero-order valence-electron chi connectivity index (χ0n) is 11.2. The Bertz CT molecular complexity index is 736. The van der Waals surface area contributed by atoms with Gasteiger partial charge >= 0.3 is 0 Å². The van der Waals surface area contributed by atoms with Gasteiger partial charge in [-0.1, -0.05) is 35.9 Å². The number of oxazole rings is 1. The van der Waals surface area contributed by atoms with Gasteiger partial charge < -0.3 is 9.73 Å². The first-order chi connectivity index (χ1) is 9.74. The summed E-state index contributed by atoms with van der Waals surface area (Å²) in [5.74, 6) is 0.703. The maximum absolute atomic E-state index is 6.07. The first kappa shape index (κ1) is 13.0. The number of halogens is 1. The van der Waals surface area contributed by atoms with E-state index in [0.717, 1.165) is 24.2 Å². The molecule has 3 rings (SSSR count). The number of rotatable bonds is 4. The van der Waals surface area contributed by atoms with E-state index in [-0.39, 0.29) is 0 Å². The number of anilines is 1. The van der Waals surface area contributed by atoms with Crippen molar-refractivity contribution in [2.45, 2.75) is 13.3 Å². The second-order valence-corrected chi connectivity index (χ2v) is 5.09. The van der Waals surface area contributed by atoms with E-state index < -0.39 is 0 Å². The summed E-state index contributed by atoms with van der Waals surface area (Å²) in [6.45, 7) is 2.86. The Kier molecular flexibility index (Phi) is 3.61. The molecule has 0 amide bonds. The number of hydrogen-bond donors (Lipinski definition) is 1. The Morgan fingerprint density at radius 1 is 1.15 bits per heavy atom. The fraction of sp³-hybridized carbons (Fsp3) is 0.188. The van der Waals surface area contributed by atoms with Crippen molar-refractivity contribution in [1.29, 1.82) is 0 Å². The van der Waals surface area contributed by atoms with E-state index in [1.54, 1.807) is 0 Å². The van der Waals surface area contributed by atoms with Crippen molar-refractivity contribution in [3.8, 4) is 0 Å². The van der Waals surface area contributed by atoms with Crippen molar-refractivity contribution in [3.63, 3.8) is 0 Å². The predicted molar refractivity (Wildman–Crippen MR) is 82.4 cm³/mol. The molecule has 0 radical (unpaired) electrons. The molecule has 1 aromatic heterocycles. The molecule has 0 atom stereocenters. The van der Waals surface area contributed by atoms with Gasteiger partial charge in [-0.15, -0.1) is 0 Å². The van der Waals surface area contributed by atoms with Crippen LogP contribution in [0.5, 0.6) is 0 Å². The topological polar surface area (TPSA) is 38.1 Å². The van der Waals surface area contributed by atoms with Gasteiger partial charge in [0, 0.05) is 18.7 Å². The van der Waals surface area contributed by atoms with Gasteiger partial charge in [-0.2, -0.15) is 0 Å². The van der Waals surface area contributed by atoms with E-state index in [1.165, 1.54) is 5.56 Å². The summed E-state index contributed by atoms with van der Waals surface area (Å²) in [6, 6.07) is 13.8. The van der Waals surface area contributed by atoms with Crippen molar-refractivity contribution in [2.24, 2.45) is 0 Å². The van der Waals surface area contributed by atoms with Gasteiger partial charge in [0.25, 0.3) is 0 Å². The van der Waals surface area contributed by atoms with Gasteiger partial charge in [0.05, 0.1) is 5.02 Å². The van der Waals surface area contributed by atoms with Gasteiger partial charge in [-0.3, -0.25) is 0 Å². The van der Waals surface area contributed by atoms with Crippen LogP contribution in [0.3, 0.4) is 0 Å². The lowest BCUT2D eigenvalue weighted by Crippen LogP contribution is -2.05. The second kappa shape index (κ2) is 5.55. The molecule has 0 aliphatic rings. The number of nitrogens with one attached hydrogen (secondary N) is 1. The van der Waals surface area contributed by atoms with Crippen LogP contribution >= 0.6 is 11.6 Å². The number of aromatic nitrogens is 1. The fourth-order valence-corrected chi connectivity index (χ4v) is 2.35. The molecule has 0 saturated heterocycles. The lowest BCUT2D eigenvalue weighted by atomic mass is 10.2. The first-order valence-electron chi connectivity index (χ1n) is 6.57. The van der Waals surface area contributed by atoms with Crippen LogP contribution in [0.15, 0.2) is 46.9 Å². The van der Waals surface area contributed by atoms with E-state index in [1.807, 2.05) is 30.3 Å². The smallest absolute Gasteiger partial charge is 0.197 e. The molecular weight excluding hydrogens is 272 g/mol. The van der Waals surface area contributed by atoms with E-state index in [2.05, 4.69) is 29.4 Å². The molecule has 0 aliphatic carbocycles. The number of para-hydroxylation sites is 2. The van der Waals surface area contributed by atoms with E-state index in [4.69, 9.17) is 16.0 Å². The van der Waals surface area contributed by atoms with E-state index in [9.17, 15) is 0 Å². The second-order valence-electron chi connectivity index (χ2n) is 4.69. The molecule has 20 heavy (non-hydrogen) atoms. The molecular formula is C16H15ClN2O. The van der Waals surface area contributed by atoms with Crippen molar-refractivity contribution in [3.05, 3.63) is 58.9 Å². The highest BCUT2D eigenvalue weighted by Crippen LogP contribution is 2.24. The highest BCUT2D eigenvalue weighted by molar-refractivity contribution is 6.34. The molecule has 3 aromatic rings. The van der Waals surface area contributed by atoms with Gasteiger partial charge in [0.1, 0.15) is 5.52 Å². The summed E-state index contributed by atoms with van der Waals surface area (Å²) in [5.41, 5.74) is 3.85. The Morgan fingerprint density at radius 3 is 2.80 bits per heavy atom. The normalized spacial score (nSPS) is 10.9. The molecule has 0 fully saturated rings. The van der Waals surface area contributed by atoms with Crippen molar-refractivity contribution in [1.82, 2.24) is 4.98 Å². The number of nitrogens with zero attached hydrogens (tertiary/aromatic N) is 1. The van der Waals surface area contributed by atoms with E-state index in [0.29, 0.717) is 16.5 Å². The zero-order valence-corrected chi connectivity index (χ0v) is 11.9. The fourth-order valence-electron chi connectivity index (χ4n) is 2.14. The zero-order chi connectivity index (χ0) is 13.9. The summed E-state index contributed by atoms with van der Waals surface area (Å²) < 4.78 is 5.68. The Labute approximate surface area is 122 Å². The molecule has 102 valence electrons. The van der Waals surface area contributed by atoms with Crippen LogP contribution < -0.4 is 5.32 Å². The quantitative estimate of drug-likeness (QED) is 0.770. The molecule has 0 aliphatic heterocycles. The van der Waals surface area contributed by atoms with Gasteiger partial charge in [0.2, 0.25) is 0 Å². The van der Waals surface area contributed by atoms with E-state index >= 15 is 0 Å². The third kappa shape index (κ3) is 2.63. The highest BCUT2D eigenvalue weighted by Gasteiger charge is 2.08. The monoisotopic (exact) mass is 286 g/mol.